The molecule has 0 bridgehead atoms. The molecule has 0 radical (unpaired) electrons. The molecule has 2 aliphatic rings. The molecular weight excluding hydrogens is 190 g/mol. The van der Waals surface area contributed by atoms with E-state index in [1.165, 1.54) is 63.0 Å². The molecule has 1 N–H and O–H groups in total. The van der Waals surface area contributed by atoms with E-state index in [1.54, 1.807) is 0 Å². The van der Waals surface area contributed by atoms with E-state index in [9.17, 15) is 0 Å². The SMILES string of the molecule is C(CCC1CCCC1)CNC1CSC1. The van der Waals surface area contributed by atoms with Gasteiger partial charge in [0.15, 0.2) is 0 Å². The zero-order chi connectivity index (χ0) is 9.64. The first kappa shape index (κ1) is 10.8. The molecule has 2 fully saturated rings. The van der Waals surface area contributed by atoms with Crippen LogP contribution in [0.3, 0.4) is 0 Å². The van der Waals surface area contributed by atoms with Gasteiger partial charge >= 0.3 is 0 Å². The van der Waals surface area contributed by atoms with Crippen molar-refractivity contribution in [3.63, 3.8) is 0 Å². The van der Waals surface area contributed by atoms with Crippen LogP contribution in [0.1, 0.15) is 44.9 Å². The largest absolute Gasteiger partial charge is 0.312 e. The van der Waals surface area contributed by atoms with Crippen molar-refractivity contribution in [3.05, 3.63) is 0 Å². The van der Waals surface area contributed by atoms with Crippen LogP contribution in [-0.2, 0) is 0 Å². The van der Waals surface area contributed by atoms with Crippen LogP contribution < -0.4 is 5.32 Å². The minimum atomic E-state index is 0.853. The third-order valence-corrected chi connectivity index (χ3v) is 4.86. The molecule has 1 heterocycles. The van der Waals surface area contributed by atoms with Gasteiger partial charge in [-0.05, 0) is 18.9 Å². The fraction of sp³-hybridized carbons (Fsp3) is 1.00. The molecule has 1 aliphatic heterocycles. The average molecular weight is 213 g/mol. The Morgan fingerprint density at radius 1 is 1.07 bits per heavy atom. The quantitative estimate of drug-likeness (QED) is 0.681. The summed E-state index contributed by atoms with van der Waals surface area (Å²) in [6.07, 6.45) is 10.4. The Bertz CT molecular complexity index is 150. The summed E-state index contributed by atoms with van der Waals surface area (Å²) in [6, 6.07) is 0.853. The van der Waals surface area contributed by atoms with Gasteiger partial charge in [-0.15, -0.1) is 0 Å². The van der Waals surface area contributed by atoms with E-state index in [2.05, 4.69) is 17.1 Å². The van der Waals surface area contributed by atoms with Gasteiger partial charge in [-0.3, -0.25) is 0 Å². The Hall–Kier alpha value is 0.310. The molecule has 1 aliphatic carbocycles. The molecule has 0 aromatic rings. The van der Waals surface area contributed by atoms with Gasteiger partial charge in [0.25, 0.3) is 0 Å². The fourth-order valence-corrected chi connectivity index (χ4v) is 3.22. The maximum atomic E-state index is 3.62. The average Bonchev–Trinajstić information content (AvgIpc) is 2.60. The Morgan fingerprint density at radius 3 is 2.50 bits per heavy atom. The summed E-state index contributed by atoms with van der Waals surface area (Å²) in [6.45, 7) is 1.26. The van der Waals surface area contributed by atoms with Crippen LogP contribution in [-0.4, -0.2) is 24.1 Å². The molecule has 0 aromatic carbocycles. The Balaban J connectivity index is 1.39. The van der Waals surface area contributed by atoms with Gasteiger partial charge in [0.1, 0.15) is 0 Å². The zero-order valence-corrected chi connectivity index (χ0v) is 9.95. The van der Waals surface area contributed by atoms with E-state index in [0.29, 0.717) is 0 Å². The van der Waals surface area contributed by atoms with Crippen LogP contribution in [0.4, 0.5) is 0 Å². The predicted octanol–water partition coefficient (Wildman–Crippen LogP) is 3.05. The molecular formula is C12H23NS. The third-order valence-electron chi connectivity index (χ3n) is 3.58. The first-order chi connectivity index (χ1) is 6.95. The lowest BCUT2D eigenvalue weighted by Gasteiger charge is -2.26. The molecule has 1 saturated heterocycles. The van der Waals surface area contributed by atoms with Gasteiger partial charge in [0, 0.05) is 17.5 Å². The van der Waals surface area contributed by atoms with E-state index in [-0.39, 0.29) is 0 Å². The van der Waals surface area contributed by atoms with Gasteiger partial charge in [-0.25, -0.2) is 0 Å². The number of nitrogens with one attached hydrogen (secondary N) is 1. The molecule has 1 nitrogen and oxygen atoms in total. The van der Waals surface area contributed by atoms with Crippen LogP contribution in [0.15, 0.2) is 0 Å². The highest BCUT2D eigenvalue weighted by Gasteiger charge is 2.17. The van der Waals surface area contributed by atoms with Gasteiger partial charge < -0.3 is 5.32 Å². The highest BCUT2D eigenvalue weighted by Crippen LogP contribution is 2.28. The summed E-state index contributed by atoms with van der Waals surface area (Å²) in [4.78, 5) is 0. The first-order valence-corrected chi connectivity index (χ1v) is 7.42. The standard InChI is InChI=1S/C12H23NS/c1-2-6-11(5-1)7-3-4-8-13-12-9-14-10-12/h11-13H,1-10H2. The maximum absolute atomic E-state index is 3.62. The van der Waals surface area contributed by atoms with Crippen molar-refractivity contribution in [1.82, 2.24) is 5.32 Å². The molecule has 0 spiro atoms. The molecule has 14 heavy (non-hydrogen) atoms. The molecule has 0 unspecified atom stereocenters. The summed E-state index contributed by atoms with van der Waals surface area (Å²) < 4.78 is 0. The highest BCUT2D eigenvalue weighted by atomic mass is 32.2. The number of hydrogen-bond donors (Lipinski definition) is 1. The monoisotopic (exact) mass is 213 g/mol. The first-order valence-electron chi connectivity index (χ1n) is 6.26. The maximum Gasteiger partial charge on any atom is 0.0248 e. The molecule has 2 rings (SSSR count). The summed E-state index contributed by atoms with van der Waals surface area (Å²) in [7, 11) is 0. The van der Waals surface area contributed by atoms with Crippen molar-refractivity contribution in [2.45, 2.75) is 51.0 Å². The summed E-state index contributed by atoms with van der Waals surface area (Å²) >= 11 is 2.07. The van der Waals surface area contributed by atoms with Crippen LogP contribution >= 0.6 is 11.8 Å². The minimum Gasteiger partial charge on any atom is -0.312 e. The second-order valence-electron chi connectivity index (χ2n) is 4.83. The topological polar surface area (TPSA) is 12.0 Å². The van der Waals surface area contributed by atoms with Crippen molar-refractivity contribution in [1.29, 1.82) is 0 Å². The molecule has 0 amide bonds. The van der Waals surface area contributed by atoms with Crippen LogP contribution in [0, 0.1) is 5.92 Å². The Kier molecular flexibility index (Phi) is 4.65. The zero-order valence-electron chi connectivity index (χ0n) is 9.13. The lowest BCUT2D eigenvalue weighted by Crippen LogP contribution is -2.40. The van der Waals surface area contributed by atoms with Crippen molar-refractivity contribution in [2.75, 3.05) is 18.1 Å². The van der Waals surface area contributed by atoms with E-state index < -0.39 is 0 Å². The molecule has 0 aromatic heterocycles. The lowest BCUT2D eigenvalue weighted by molar-refractivity contribution is 0.459. The van der Waals surface area contributed by atoms with Crippen molar-refractivity contribution < 1.29 is 0 Å². The predicted molar refractivity (Wildman–Crippen MR) is 64.9 cm³/mol. The second-order valence-corrected chi connectivity index (χ2v) is 5.91. The smallest absolute Gasteiger partial charge is 0.0248 e. The molecule has 82 valence electrons. The number of hydrogen-bond acceptors (Lipinski definition) is 2. The minimum absolute atomic E-state index is 0.853. The highest BCUT2D eigenvalue weighted by molar-refractivity contribution is 8.00. The van der Waals surface area contributed by atoms with Crippen molar-refractivity contribution in [2.24, 2.45) is 5.92 Å². The van der Waals surface area contributed by atoms with Crippen LogP contribution in [0.25, 0.3) is 0 Å². The van der Waals surface area contributed by atoms with E-state index in [1.807, 2.05) is 0 Å². The van der Waals surface area contributed by atoms with E-state index in [4.69, 9.17) is 0 Å². The summed E-state index contributed by atoms with van der Waals surface area (Å²) in [5, 5.41) is 3.62. The van der Waals surface area contributed by atoms with Gasteiger partial charge in [-0.1, -0.05) is 38.5 Å². The Labute approximate surface area is 92.4 Å². The molecule has 2 heteroatoms. The van der Waals surface area contributed by atoms with Crippen LogP contribution in [0.5, 0.6) is 0 Å². The number of rotatable bonds is 6. The van der Waals surface area contributed by atoms with Crippen molar-refractivity contribution >= 4 is 11.8 Å². The molecule has 1 saturated carbocycles. The van der Waals surface area contributed by atoms with Gasteiger partial charge in [0.2, 0.25) is 0 Å². The van der Waals surface area contributed by atoms with Crippen molar-refractivity contribution in [3.8, 4) is 0 Å². The van der Waals surface area contributed by atoms with Gasteiger partial charge in [0.05, 0.1) is 0 Å². The number of thioether (sulfide) groups is 1. The lowest BCUT2D eigenvalue weighted by atomic mass is 10.0. The normalized spacial score (nSPS) is 24.0. The number of unbranched alkanes of at least 4 members (excludes halogenated alkanes) is 1. The Morgan fingerprint density at radius 2 is 1.86 bits per heavy atom. The summed E-state index contributed by atoms with van der Waals surface area (Å²) in [5.74, 6) is 3.79. The van der Waals surface area contributed by atoms with E-state index >= 15 is 0 Å². The molecule has 0 atom stereocenters. The second kappa shape index (κ2) is 6.02. The van der Waals surface area contributed by atoms with E-state index in [0.717, 1.165) is 12.0 Å². The van der Waals surface area contributed by atoms with Gasteiger partial charge in [-0.2, -0.15) is 11.8 Å². The summed E-state index contributed by atoms with van der Waals surface area (Å²) in [5.41, 5.74) is 0. The fourth-order valence-electron chi connectivity index (χ4n) is 2.52. The van der Waals surface area contributed by atoms with Crippen LogP contribution in [0.2, 0.25) is 0 Å². The third kappa shape index (κ3) is 3.47.